The summed E-state index contributed by atoms with van der Waals surface area (Å²) in [7, 11) is 0. The number of amides is 1. The molecule has 94 valence electrons. The summed E-state index contributed by atoms with van der Waals surface area (Å²) in [6.45, 7) is 6.17. The van der Waals surface area contributed by atoms with Gasteiger partial charge in [-0.1, -0.05) is 43.8 Å². The molecule has 19 heavy (non-hydrogen) atoms. The number of hydrogen-bond acceptors (Lipinski definition) is 1. The lowest BCUT2D eigenvalue weighted by atomic mass is 10.1. The number of fused-ring (bicyclic) bond motifs is 1. The topological polar surface area (TPSA) is 20.3 Å². The zero-order valence-corrected chi connectivity index (χ0v) is 10.9. The minimum absolute atomic E-state index is 0.00449. The van der Waals surface area contributed by atoms with Gasteiger partial charge in [0.05, 0.1) is 5.70 Å². The van der Waals surface area contributed by atoms with Gasteiger partial charge in [-0.25, -0.2) is 0 Å². The summed E-state index contributed by atoms with van der Waals surface area (Å²) in [4.78, 5) is 14.1. The van der Waals surface area contributed by atoms with Gasteiger partial charge in [-0.05, 0) is 30.2 Å². The largest absolute Gasteiger partial charge is 0.277 e. The number of hydrogen-bond donors (Lipinski definition) is 0. The molecule has 1 heterocycles. The van der Waals surface area contributed by atoms with Gasteiger partial charge >= 0.3 is 0 Å². The van der Waals surface area contributed by atoms with Crippen molar-refractivity contribution in [2.45, 2.75) is 13.3 Å². The maximum Gasteiger partial charge on any atom is 0.263 e. The van der Waals surface area contributed by atoms with Gasteiger partial charge in [-0.15, -0.1) is 0 Å². The SMILES string of the molecule is C=C1c2ccccc2C(=O)N1c1ccc(CC)cc1. The van der Waals surface area contributed by atoms with E-state index < -0.39 is 0 Å². The molecule has 3 rings (SSSR count). The fourth-order valence-corrected chi connectivity index (χ4v) is 2.44. The molecule has 0 bridgehead atoms. The number of carbonyl (C=O) groups excluding carboxylic acids is 1. The molecule has 0 saturated carbocycles. The van der Waals surface area contributed by atoms with Gasteiger partial charge < -0.3 is 0 Å². The van der Waals surface area contributed by atoms with Crippen molar-refractivity contribution >= 4 is 17.3 Å². The third-order valence-corrected chi connectivity index (χ3v) is 3.54. The fourth-order valence-electron chi connectivity index (χ4n) is 2.44. The van der Waals surface area contributed by atoms with Crippen LogP contribution in [0.5, 0.6) is 0 Å². The molecular formula is C17H15NO. The van der Waals surface area contributed by atoms with E-state index in [0.717, 1.165) is 28.9 Å². The van der Waals surface area contributed by atoms with Crippen LogP contribution in [-0.2, 0) is 6.42 Å². The van der Waals surface area contributed by atoms with Crippen molar-refractivity contribution in [3.05, 3.63) is 71.8 Å². The fraction of sp³-hybridized carbons (Fsp3) is 0.118. The van der Waals surface area contributed by atoms with Gasteiger partial charge in [0.2, 0.25) is 0 Å². The van der Waals surface area contributed by atoms with Crippen molar-refractivity contribution in [2.75, 3.05) is 4.90 Å². The normalized spacial score (nSPS) is 13.8. The Balaban J connectivity index is 2.03. The van der Waals surface area contributed by atoms with Crippen molar-refractivity contribution in [1.82, 2.24) is 0 Å². The molecule has 2 aromatic rings. The van der Waals surface area contributed by atoms with Gasteiger partial charge in [0.25, 0.3) is 5.91 Å². The summed E-state index contributed by atoms with van der Waals surface area (Å²) in [5.74, 6) is 0.00449. The third-order valence-electron chi connectivity index (χ3n) is 3.54. The van der Waals surface area contributed by atoms with Gasteiger partial charge in [0.15, 0.2) is 0 Å². The molecule has 0 unspecified atom stereocenters. The maximum absolute atomic E-state index is 12.4. The Morgan fingerprint density at radius 3 is 2.21 bits per heavy atom. The molecule has 0 aromatic heterocycles. The summed E-state index contributed by atoms with van der Waals surface area (Å²) in [5.41, 5.74) is 4.55. The molecule has 0 radical (unpaired) electrons. The Kier molecular flexibility index (Phi) is 2.71. The zero-order valence-electron chi connectivity index (χ0n) is 10.9. The highest BCUT2D eigenvalue weighted by Crippen LogP contribution is 2.35. The lowest BCUT2D eigenvalue weighted by Gasteiger charge is -2.17. The number of carbonyl (C=O) groups is 1. The van der Waals surface area contributed by atoms with Crippen molar-refractivity contribution in [1.29, 1.82) is 0 Å². The molecule has 1 amide bonds. The van der Waals surface area contributed by atoms with Gasteiger partial charge in [0, 0.05) is 16.8 Å². The van der Waals surface area contributed by atoms with Gasteiger partial charge in [0.1, 0.15) is 0 Å². The number of benzene rings is 2. The second-order valence-electron chi connectivity index (χ2n) is 4.65. The van der Waals surface area contributed by atoms with Crippen LogP contribution in [0.1, 0.15) is 28.4 Å². The lowest BCUT2D eigenvalue weighted by Crippen LogP contribution is -2.21. The number of aryl methyl sites for hydroxylation is 1. The molecule has 0 saturated heterocycles. The van der Waals surface area contributed by atoms with Crippen LogP contribution >= 0.6 is 0 Å². The van der Waals surface area contributed by atoms with E-state index in [1.165, 1.54) is 5.56 Å². The summed E-state index contributed by atoms with van der Waals surface area (Å²) in [6.07, 6.45) is 0.995. The molecular weight excluding hydrogens is 234 g/mol. The Labute approximate surface area is 113 Å². The predicted octanol–water partition coefficient (Wildman–Crippen LogP) is 3.88. The molecule has 2 aromatic carbocycles. The van der Waals surface area contributed by atoms with E-state index in [2.05, 4.69) is 25.6 Å². The van der Waals surface area contributed by atoms with Crippen molar-refractivity contribution in [3.8, 4) is 0 Å². The van der Waals surface area contributed by atoms with E-state index in [9.17, 15) is 4.79 Å². The van der Waals surface area contributed by atoms with Gasteiger partial charge in [-0.3, -0.25) is 9.69 Å². The monoisotopic (exact) mass is 249 g/mol. The van der Waals surface area contributed by atoms with Crippen LogP contribution in [0.3, 0.4) is 0 Å². The van der Waals surface area contributed by atoms with Crippen molar-refractivity contribution in [3.63, 3.8) is 0 Å². The first-order valence-corrected chi connectivity index (χ1v) is 6.44. The number of nitrogens with zero attached hydrogens (tertiary/aromatic N) is 1. The van der Waals surface area contributed by atoms with E-state index in [1.54, 1.807) is 4.90 Å². The van der Waals surface area contributed by atoms with E-state index in [-0.39, 0.29) is 5.91 Å². The average molecular weight is 249 g/mol. The van der Waals surface area contributed by atoms with E-state index in [0.29, 0.717) is 0 Å². The van der Waals surface area contributed by atoms with Crippen molar-refractivity contribution < 1.29 is 4.79 Å². The lowest BCUT2D eigenvalue weighted by molar-refractivity contribution is 0.101. The second kappa shape index (κ2) is 4.39. The quantitative estimate of drug-likeness (QED) is 0.791. The molecule has 0 N–H and O–H groups in total. The van der Waals surface area contributed by atoms with Crippen LogP contribution < -0.4 is 4.90 Å². The van der Waals surface area contributed by atoms with E-state index in [1.807, 2.05) is 36.4 Å². The van der Waals surface area contributed by atoms with E-state index in [4.69, 9.17) is 0 Å². The van der Waals surface area contributed by atoms with E-state index >= 15 is 0 Å². The van der Waals surface area contributed by atoms with Crippen LogP contribution in [0, 0.1) is 0 Å². The molecule has 1 aliphatic heterocycles. The summed E-state index contributed by atoms with van der Waals surface area (Å²) < 4.78 is 0. The first-order chi connectivity index (χ1) is 9.22. The summed E-state index contributed by atoms with van der Waals surface area (Å²) in [5, 5.41) is 0. The Bertz CT molecular complexity index is 620. The molecule has 0 atom stereocenters. The second-order valence-corrected chi connectivity index (χ2v) is 4.65. The summed E-state index contributed by atoms with van der Waals surface area (Å²) in [6, 6.07) is 15.7. The number of rotatable bonds is 2. The van der Waals surface area contributed by atoms with Crippen LogP contribution in [0.2, 0.25) is 0 Å². The first-order valence-electron chi connectivity index (χ1n) is 6.44. The minimum atomic E-state index is 0.00449. The smallest absolute Gasteiger partial charge is 0.263 e. The Morgan fingerprint density at radius 2 is 1.63 bits per heavy atom. The zero-order chi connectivity index (χ0) is 13.4. The number of anilines is 1. The maximum atomic E-state index is 12.4. The highest BCUT2D eigenvalue weighted by molar-refractivity contribution is 6.21. The predicted molar refractivity (Wildman–Crippen MR) is 78.1 cm³/mol. The highest BCUT2D eigenvalue weighted by Gasteiger charge is 2.31. The van der Waals surface area contributed by atoms with Crippen LogP contribution in [0.15, 0.2) is 55.1 Å². The summed E-state index contributed by atoms with van der Waals surface area (Å²) >= 11 is 0. The first kappa shape index (κ1) is 11.7. The standard InChI is InChI=1S/C17H15NO/c1-3-13-8-10-14(11-9-13)18-12(2)15-6-4-5-7-16(15)17(18)19/h4-11H,2-3H2,1H3. The van der Waals surface area contributed by atoms with Gasteiger partial charge in [-0.2, -0.15) is 0 Å². The third kappa shape index (κ3) is 1.76. The minimum Gasteiger partial charge on any atom is -0.277 e. The molecule has 0 spiro atoms. The Morgan fingerprint density at radius 1 is 1.00 bits per heavy atom. The highest BCUT2D eigenvalue weighted by atomic mass is 16.2. The average Bonchev–Trinajstić information content (AvgIpc) is 2.72. The molecule has 1 aliphatic rings. The van der Waals surface area contributed by atoms with Crippen LogP contribution in [0.25, 0.3) is 5.70 Å². The van der Waals surface area contributed by atoms with Crippen molar-refractivity contribution in [2.24, 2.45) is 0 Å². The molecule has 0 fully saturated rings. The van der Waals surface area contributed by atoms with Crippen LogP contribution in [-0.4, -0.2) is 5.91 Å². The molecule has 0 aliphatic carbocycles. The Hall–Kier alpha value is -2.35. The molecule has 2 nitrogen and oxygen atoms in total. The molecule has 2 heteroatoms. The van der Waals surface area contributed by atoms with Crippen LogP contribution in [0.4, 0.5) is 5.69 Å².